The lowest BCUT2D eigenvalue weighted by Crippen LogP contribution is -2.38. The van der Waals surface area contributed by atoms with Gasteiger partial charge in [-0.15, -0.1) is 0 Å². The van der Waals surface area contributed by atoms with Crippen molar-refractivity contribution < 1.29 is 4.79 Å². The highest BCUT2D eigenvalue weighted by Crippen LogP contribution is 2.01. The summed E-state index contributed by atoms with van der Waals surface area (Å²) in [6.07, 6.45) is 1.99. The maximum absolute atomic E-state index is 11.7. The molecule has 1 aromatic rings. The lowest BCUT2D eigenvalue weighted by atomic mass is 10.1. The van der Waals surface area contributed by atoms with Crippen molar-refractivity contribution in [2.75, 3.05) is 40.3 Å². The molecule has 0 heterocycles. The van der Waals surface area contributed by atoms with Crippen LogP contribution in [0.15, 0.2) is 30.3 Å². The Morgan fingerprint density at radius 1 is 1.21 bits per heavy atom. The number of hydrogen-bond acceptors (Lipinski definition) is 3. The van der Waals surface area contributed by atoms with Crippen LogP contribution in [0.2, 0.25) is 0 Å². The molecule has 19 heavy (non-hydrogen) atoms. The summed E-state index contributed by atoms with van der Waals surface area (Å²) < 4.78 is 0. The summed E-state index contributed by atoms with van der Waals surface area (Å²) in [4.78, 5) is 13.7. The fourth-order valence-corrected chi connectivity index (χ4v) is 1.85. The second-order valence-electron chi connectivity index (χ2n) is 4.78. The largest absolute Gasteiger partial charge is 0.355 e. The molecular formula is C15H25N3O. The van der Waals surface area contributed by atoms with Gasteiger partial charge in [-0.1, -0.05) is 30.3 Å². The Balaban J connectivity index is 2.07. The van der Waals surface area contributed by atoms with Crippen molar-refractivity contribution in [1.82, 2.24) is 15.5 Å². The Morgan fingerprint density at radius 2 is 1.95 bits per heavy atom. The summed E-state index contributed by atoms with van der Waals surface area (Å²) >= 11 is 0. The molecule has 0 aromatic heterocycles. The van der Waals surface area contributed by atoms with E-state index in [1.54, 1.807) is 0 Å². The number of hydrogen-bond donors (Lipinski definition) is 2. The van der Waals surface area contributed by atoms with E-state index in [0.29, 0.717) is 6.54 Å². The molecule has 0 saturated heterocycles. The number of carbonyl (C=O) groups excluding carboxylic acids is 1. The van der Waals surface area contributed by atoms with Gasteiger partial charge in [0, 0.05) is 19.6 Å². The molecule has 1 amide bonds. The molecule has 0 unspecified atom stereocenters. The molecule has 1 aromatic carbocycles. The minimum Gasteiger partial charge on any atom is -0.355 e. The number of aryl methyl sites for hydroxylation is 1. The first-order chi connectivity index (χ1) is 9.22. The highest BCUT2D eigenvalue weighted by molar-refractivity contribution is 5.77. The van der Waals surface area contributed by atoms with Gasteiger partial charge in [-0.2, -0.15) is 0 Å². The third kappa shape index (κ3) is 7.59. The number of amides is 1. The van der Waals surface area contributed by atoms with Gasteiger partial charge in [0.15, 0.2) is 0 Å². The van der Waals surface area contributed by atoms with Crippen LogP contribution in [0, 0.1) is 0 Å². The van der Waals surface area contributed by atoms with Gasteiger partial charge in [0.1, 0.15) is 0 Å². The smallest absolute Gasteiger partial charge is 0.234 e. The van der Waals surface area contributed by atoms with E-state index in [-0.39, 0.29) is 5.91 Å². The standard InChI is InChI=1S/C15H25N3O/c1-16-11-12-18(2)13-15(19)17-10-6-9-14-7-4-3-5-8-14/h3-5,7-8,16H,6,9-13H2,1-2H3,(H,17,19). The lowest BCUT2D eigenvalue weighted by Gasteiger charge is -2.15. The zero-order valence-corrected chi connectivity index (χ0v) is 12.0. The molecular weight excluding hydrogens is 238 g/mol. The monoisotopic (exact) mass is 263 g/mol. The van der Waals surface area contributed by atoms with E-state index in [2.05, 4.69) is 22.8 Å². The number of nitrogens with one attached hydrogen (secondary N) is 2. The van der Waals surface area contributed by atoms with E-state index in [1.165, 1.54) is 5.56 Å². The maximum atomic E-state index is 11.7. The Morgan fingerprint density at radius 3 is 2.63 bits per heavy atom. The van der Waals surface area contributed by atoms with Crippen LogP contribution >= 0.6 is 0 Å². The van der Waals surface area contributed by atoms with Crippen molar-refractivity contribution in [2.24, 2.45) is 0 Å². The quantitative estimate of drug-likeness (QED) is 0.650. The van der Waals surface area contributed by atoms with Crippen LogP contribution in [0.3, 0.4) is 0 Å². The Bertz CT molecular complexity index is 354. The third-order valence-electron chi connectivity index (χ3n) is 2.96. The number of carbonyl (C=O) groups is 1. The van der Waals surface area contributed by atoms with Crippen LogP contribution in [0.1, 0.15) is 12.0 Å². The number of nitrogens with zero attached hydrogens (tertiary/aromatic N) is 1. The first-order valence-electron chi connectivity index (χ1n) is 6.86. The van der Waals surface area contributed by atoms with Crippen LogP contribution in [0.25, 0.3) is 0 Å². The molecule has 106 valence electrons. The van der Waals surface area contributed by atoms with Crippen molar-refractivity contribution in [3.63, 3.8) is 0 Å². The van der Waals surface area contributed by atoms with Gasteiger partial charge >= 0.3 is 0 Å². The van der Waals surface area contributed by atoms with Gasteiger partial charge in [-0.05, 0) is 32.5 Å². The van der Waals surface area contributed by atoms with E-state index in [1.807, 2.05) is 37.2 Å². The summed E-state index contributed by atoms with van der Waals surface area (Å²) in [5, 5.41) is 6.03. The second kappa shape index (κ2) is 9.53. The molecule has 0 aliphatic rings. The SMILES string of the molecule is CNCCN(C)CC(=O)NCCCc1ccccc1. The average Bonchev–Trinajstić information content (AvgIpc) is 2.42. The van der Waals surface area contributed by atoms with Gasteiger partial charge in [-0.3, -0.25) is 9.69 Å². The zero-order valence-electron chi connectivity index (χ0n) is 12.0. The van der Waals surface area contributed by atoms with Crippen LogP contribution in [-0.2, 0) is 11.2 Å². The van der Waals surface area contributed by atoms with Crippen molar-refractivity contribution >= 4 is 5.91 Å². The molecule has 0 radical (unpaired) electrons. The fourth-order valence-electron chi connectivity index (χ4n) is 1.85. The minimum atomic E-state index is 0.103. The zero-order chi connectivity index (χ0) is 13.9. The van der Waals surface area contributed by atoms with Gasteiger partial charge in [0.2, 0.25) is 5.91 Å². The van der Waals surface area contributed by atoms with Crippen molar-refractivity contribution in [1.29, 1.82) is 0 Å². The Kier molecular flexibility index (Phi) is 7.86. The molecule has 0 spiro atoms. The molecule has 1 rings (SSSR count). The summed E-state index contributed by atoms with van der Waals surface area (Å²) in [6, 6.07) is 10.3. The van der Waals surface area contributed by atoms with E-state index < -0.39 is 0 Å². The summed E-state index contributed by atoms with van der Waals surface area (Å²) in [5.74, 6) is 0.103. The normalized spacial score (nSPS) is 10.7. The van der Waals surface area contributed by atoms with Gasteiger partial charge in [0.25, 0.3) is 0 Å². The maximum Gasteiger partial charge on any atom is 0.234 e. The van der Waals surface area contributed by atoms with Gasteiger partial charge in [-0.25, -0.2) is 0 Å². The topological polar surface area (TPSA) is 44.4 Å². The highest BCUT2D eigenvalue weighted by atomic mass is 16.2. The van der Waals surface area contributed by atoms with Crippen LogP contribution < -0.4 is 10.6 Å². The van der Waals surface area contributed by atoms with Crippen molar-refractivity contribution in [2.45, 2.75) is 12.8 Å². The Labute approximate surface area is 116 Å². The first-order valence-corrected chi connectivity index (χ1v) is 6.86. The van der Waals surface area contributed by atoms with Crippen molar-refractivity contribution in [3.8, 4) is 0 Å². The third-order valence-corrected chi connectivity index (χ3v) is 2.96. The highest BCUT2D eigenvalue weighted by Gasteiger charge is 2.04. The molecule has 0 aliphatic heterocycles. The van der Waals surface area contributed by atoms with E-state index in [4.69, 9.17) is 0 Å². The second-order valence-corrected chi connectivity index (χ2v) is 4.78. The molecule has 0 saturated carbocycles. The predicted molar refractivity (Wildman–Crippen MR) is 79.2 cm³/mol. The van der Waals surface area contributed by atoms with Gasteiger partial charge in [0.05, 0.1) is 6.54 Å². The Hall–Kier alpha value is -1.39. The van der Waals surface area contributed by atoms with Crippen molar-refractivity contribution in [3.05, 3.63) is 35.9 Å². The summed E-state index contributed by atoms with van der Waals surface area (Å²) in [5.41, 5.74) is 1.32. The predicted octanol–water partition coefficient (Wildman–Crippen LogP) is 0.887. The minimum absolute atomic E-state index is 0.103. The molecule has 4 nitrogen and oxygen atoms in total. The fraction of sp³-hybridized carbons (Fsp3) is 0.533. The van der Waals surface area contributed by atoms with Crippen LogP contribution in [-0.4, -0.2) is 51.1 Å². The molecule has 4 heteroatoms. The molecule has 0 aliphatic carbocycles. The molecule has 2 N–H and O–H groups in total. The number of rotatable bonds is 9. The van der Waals surface area contributed by atoms with E-state index >= 15 is 0 Å². The van der Waals surface area contributed by atoms with E-state index in [9.17, 15) is 4.79 Å². The summed E-state index contributed by atoms with van der Waals surface area (Å²) in [7, 11) is 3.87. The van der Waals surface area contributed by atoms with E-state index in [0.717, 1.165) is 32.5 Å². The number of likely N-dealkylation sites (N-methyl/N-ethyl adjacent to an activating group) is 2. The molecule has 0 bridgehead atoms. The molecule has 0 atom stereocenters. The first kappa shape index (κ1) is 15.7. The molecule has 0 fully saturated rings. The average molecular weight is 263 g/mol. The lowest BCUT2D eigenvalue weighted by molar-refractivity contribution is -0.121. The van der Waals surface area contributed by atoms with Gasteiger partial charge < -0.3 is 10.6 Å². The van der Waals surface area contributed by atoms with Crippen LogP contribution in [0.5, 0.6) is 0 Å². The summed E-state index contributed by atoms with van der Waals surface area (Å²) in [6.45, 7) is 2.99. The number of benzene rings is 1. The van der Waals surface area contributed by atoms with Crippen LogP contribution in [0.4, 0.5) is 0 Å².